The van der Waals surface area contributed by atoms with Gasteiger partial charge in [-0.3, -0.25) is 9.59 Å². The number of anilines is 3. The Labute approximate surface area is 161 Å². The van der Waals surface area contributed by atoms with Gasteiger partial charge in [0.05, 0.1) is 17.9 Å². The SMILES string of the molecule is C[C@@H]1CC(=O)Nc2ccccc2N1C(=O)CN1CCCc2cc(F)c(F)cc21. The van der Waals surface area contributed by atoms with Gasteiger partial charge >= 0.3 is 0 Å². The van der Waals surface area contributed by atoms with E-state index in [2.05, 4.69) is 5.32 Å². The van der Waals surface area contributed by atoms with E-state index < -0.39 is 11.6 Å². The molecule has 146 valence electrons. The van der Waals surface area contributed by atoms with Crippen LogP contribution in [0.1, 0.15) is 25.3 Å². The monoisotopic (exact) mass is 385 g/mol. The smallest absolute Gasteiger partial charge is 0.246 e. The van der Waals surface area contributed by atoms with Crippen LogP contribution in [0, 0.1) is 11.6 Å². The number of halogens is 2. The highest BCUT2D eigenvalue weighted by atomic mass is 19.2. The minimum absolute atomic E-state index is 0.0327. The molecule has 0 aromatic heterocycles. The van der Waals surface area contributed by atoms with Crippen molar-refractivity contribution < 1.29 is 18.4 Å². The maximum Gasteiger partial charge on any atom is 0.246 e. The van der Waals surface area contributed by atoms with Crippen LogP contribution in [0.5, 0.6) is 0 Å². The molecule has 0 aliphatic carbocycles. The Morgan fingerprint density at radius 1 is 1.18 bits per heavy atom. The van der Waals surface area contributed by atoms with Crippen LogP contribution >= 0.6 is 0 Å². The summed E-state index contributed by atoms with van der Waals surface area (Å²) in [5.41, 5.74) is 2.51. The number of para-hydroxylation sites is 2. The van der Waals surface area contributed by atoms with Crippen molar-refractivity contribution in [2.75, 3.05) is 28.2 Å². The van der Waals surface area contributed by atoms with Crippen molar-refractivity contribution in [1.29, 1.82) is 0 Å². The van der Waals surface area contributed by atoms with Crippen LogP contribution in [0.25, 0.3) is 0 Å². The molecular weight excluding hydrogens is 364 g/mol. The van der Waals surface area contributed by atoms with E-state index in [0.717, 1.165) is 6.42 Å². The van der Waals surface area contributed by atoms with Crippen LogP contribution in [0.15, 0.2) is 36.4 Å². The third kappa shape index (κ3) is 3.32. The van der Waals surface area contributed by atoms with Gasteiger partial charge in [0.15, 0.2) is 11.6 Å². The molecule has 0 radical (unpaired) electrons. The van der Waals surface area contributed by atoms with E-state index in [0.29, 0.717) is 35.6 Å². The van der Waals surface area contributed by atoms with Crippen LogP contribution in [0.3, 0.4) is 0 Å². The summed E-state index contributed by atoms with van der Waals surface area (Å²) in [6.07, 6.45) is 1.60. The molecule has 2 aliphatic heterocycles. The van der Waals surface area contributed by atoms with Gasteiger partial charge in [-0.2, -0.15) is 0 Å². The fourth-order valence-electron chi connectivity index (χ4n) is 4.02. The van der Waals surface area contributed by atoms with Crippen LogP contribution < -0.4 is 15.1 Å². The number of hydrogen-bond acceptors (Lipinski definition) is 3. The van der Waals surface area contributed by atoms with Gasteiger partial charge in [0, 0.05) is 30.8 Å². The molecule has 28 heavy (non-hydrogen) atoms. The highest BCUT2D eigenvalue weighted by molar-refractivity contribution is 6.05. The summed E-state index contributed by atoms with van der Waals surface area (Å²) >= 11 is 0. The first-order valence-corrected chi connectivity index (χ1v) is 9.38. The number of hydrogen-bond donors (Lipinski definition) is 1. The Kier molecular flexibility index (Phi) is 4.75. The topological polar surface area (TPSA) is 52.7 Å². The summed E-state index contributed by atoms with van der Waals surface area (Å²) in [7, 11) is 0. The quantitative estimate of drug-likeness (QED) is 0.861. The minimum Gasteiger partial charge on any atom is -0.362 e. The van der Waals surface area contributed by atoms with Gasteiger partial charge < -0.3 is 15.1 Å². The molecule has 7 heteroatoms. The fourth-order valence-corrected chi connectivity index (χ4v) is 4.02. The van der Waals surface area contributed by atoms with Gasteiger partial charge in [-0.15, -0.1) is 0 Å². The van der Waals surface area contributed by atoms with Gasteiger partial charge in [0.2, 0.25) is 11.8 Å². The summed E-state index contributed by atoms with van der Waals surface area (Å²) in [5, 5.41) is 2.83. The summed E-state index contributed by atoms with van der Waals surface area (Å²) in [6, 6.07) is 9.25. The lowest BCUT2D eigenvalue weighted by Gasteiger charge is -2.34. The molecule has 4 rings (SSSR count). The summed E-state index contributed by atoms with van der Waals surface area (Å²) in [4.78, 5) is 28.8. The Hall–Kier alpha value is -2.96. The van der Waals surface area contributed by atoms with Crippen LogP contribution in [0.4, 0.5) is 25.8 Å². The zero-order valence-corrected chi connectivity index (χ0v) is 15.5. The summed E-state index contributed by atoms with van der Waals surface area (Å²) in [6.45, 7) is 2.45. The van der Waals surface area contributed by atoms with E-state index in [1.54, 1.807) is 28.0 Å². The average Bonchev–Trinajstić information content (AvgIpc) is 2.77. The Bertz CT molecular complexity index is 947. The molecule has 0 fully saturated rings. The molecule has 2 aromatic rings. The van der Waals surface area contributed by atoms with Crippen molar-refractivity contribution in [1.82, 2.24) is 0 Å². The van der Waals surface area contributed by atoms with Crippen LogP contribution in [-0.2, 0) is 16.0 Å². The van der Waals surface area contributed by atoms with Gasteiger partial charge in [-0.25, -0.2) is 8.78 Å². The number of nitrogens with one attached hydrogen (secondary N) is 1. The normalized spacial score (nSPS) is 18.8. The van der Waals surface area contributed by atoms with E-state index in [1.807, 2.05) is 13.0 Å². The lowest BCUT2D eigenvalue weighted by atomic mass is 10.0. The standard InChI is InChI=1S/C21H21F2N3O2/c1-13-9-20(27)24-17-6-2-3-7-18(17)26(13)21(28)12-25-8-4-5-14-10-15(22)16(23)11-19(14)25/h2-3,6-7,10-11,13H,4-5,8-9,12H2,1H3,(H,24,27)/t13-/m1/s1. The molecule has 0 spiro atoms. The van der Waals surface area contributed by atoms with Crippen LogP contribution in [0.2, 0.25) is 0 Å². The van der Waals surface area contributed by atoms with E-state index >= 15 is 0 Å². The van der Waals surface area contributed by atoms with Gasteiger partial charge in [0.25, 0.3) is 0 Å². The second-order valence-electron chi connectivity index (χ2n) is 7.30. The van der Waals surface area contributed by atoms with E-state index in [9.17, 15) is 18.4 Å². The average molecular weight is 385 g/mol. The lowest BCUT2D eigenvalue weighted by molar-refractivity contribution is -0.118. The zero-order valence-electron chi connectivity index (χ0n) is 15.5. The molecule has 0 bridgehead atoms. The second-order valence-corrected chi connectivity index (χ2v) is 7.30. The number of nitrogens with zero attached hydrogens (tertiary/aromatic N) is 2. The molecule has 1 atom stereocenters. The van der Waals surface area contributed by atoms with Crippen molar-refractivity contribution in [2.24, 2.45) is 0 Å². The van der Waals surface area contributed by atoms with E-state index in [-0.39, 0.29) is 30.8 Å². The fraction of sp³-hybridized carbons (Fsp3) is 0.333. The lowest BCUT2D eigenvalue weighted by Crippen LogP contribution is -2.46. The third-order valence-corrected chi connectivity index (χ3v) is 5.29. The number of fused-ring (bicyclic) bond motifs is 2. The summed E-state index contributed by atoms with van der Waals surface area (Å²) in [5.74, 6) is -2.11. The number of carbonyl (C=O) groups is 2. The summed E-state index contributed by atoms with van der Waals surface area (Å²) < 4.78 is 27.4. The largest absolute Gasteiger partial charge is 0.362 e. The molecule has 5 nitrogen and oxygen atoms in total. The molecule has 0 unspecified atom stereocenters. The maximum absolute atomic E-state index is 13.8. The number of rotatable bonds is 2. The molecule has 0 saturated heterocycles. The van der Waals surface area contributed by atoms with Gasteiger partial charge in [0.1, 0.15) is 0 Å². The first-order valence-electron chi connectivity index (χ1n) is 9.38. The number of benzene rings is 2. The zero-order chi connectivity index (χ0) is 19.8. The van der Waals surface area contributed by atoms with Crippen molar-refractivity contribution in [2.45, 2.75) is 32.2 Å². The van der Waals surface area contributed by atoms with E-state index in [1.165, 1.54) is 12.1 Å². The van der Waals surface area contributed by atoms with Gasteiger partial charge in [-0.1, -0.05) is 12.1 Å². The number of amides is 2. The van der Waals surface area contributed by atoms with Gasteiger partial charge in [-0.05, 0) is 43.5 Å². The Morgan fingerprint density at radius 2 is 1.93 bits per heavy atom. The minimum atomic E-state index is -0.915. The first kappa shape index (κ1) is 18.4. The van der Waals surface area contributed by atoms with Crippen molar-refractivity contribution in [3.05, 3.63) is 53.6 Å². The maximum atomic E-state index is 13.8. The molecule has 2 aromatic carbocycles. The first-order chi connectivity index (χ1) is 13.4. The predicted octanol–water partition coefficient (Wildman–Crippen LogP) is 3.48. The number of aryl methyl sites for hydroxylation is 1. The second kappa shape index (κ2) is 7.22. The van der Waals surface area contributed by atoms with Crippen molar-refractivity contribution in [3.8, 4) is 0 Å². The van der Waals surface area contributed by atoms with Crippen LogP contribution in [-0.4, -0.2) is 30.9 Å². The molecule has 1 N–H and O–H groups in total. The molecule has 0 saturated carbocycles. The van der Waals surface area contributed by atoms with E-state index in [4.69, 9.17) is 0 Å². The highest BCUT2D eigenvalue weighted by Gasteiger charge is 2.31. The third-order valence-electron chi connectivity index (χ3n) is 5.29. The van der Waals surface area contributed by atoms with Crippen molar-refractivity contribution >= 4 is 28.9 Å². The molecule has 2 aliphatic rings. The number of carbonyl (C=O) groups excluding carboxylic acids is 2. The Morgan fingerprint density at radius 3 is 2.75 bits per heavy atom. The Balaban J connectivity index is 1.64. The predicted molar refractivity (Wildman–Crippen MR) is 104 cm³/mol. The molecule has 2 heterocycles. The highest BCUT2D eigenvalue weighted by Crippen LogP contribution is 2.33. The molecular formula is C21H21F2N3O2. The molecule has 2 amide bonds. The van der Waals surface area contributed by atoms with Crippen molar-refractivity contribution in [3.63, 3.8) is 0 Å².